The van der Waals surface area contributed by atoms with Crippen molar-refractivity contribution in [2.24, 2.45) is 5.92 Å². The van der Waals surface area contributed by atoms with E-state index in [1.165, 1.54) is 0 Å². The summed E-state index contributed by atoms with van der Waals surface area (Å²) in [6.45, 7) is 1.31. The number of likely N-dealkylation sites (N-methyl/N-ethyl adjacent to an activating group) is 1. The van der Waals surface area contributed by atoms with Crippen LogP contribution in [0.3, 0.4) is 0 Å². The molecule has 2 unspecified atom stereocenters. The van der Waals surface area contributed by atoms with Gasteiger partial charge in [-0.25, -0.2) is 0 Å². The predicted molar refractivity (Wildman–Crippen MR) is 76.4 cm³/mol. The molecule has 1 heterocycles. The van der Waals surface area contributed by atoms with Crippen LogP contribution < -0.4 is 0 Å². The number of hydrogen-bond donors (Lipinski definition) is 1. The molecule has 0 radical (unpaired) electrons. The van der Waals surface area contributed by atoms with Gasteiger partial charge in [0.2, 0.25) is 0 Å². The highest BCUT2D eigenvalue weighted by molar-refractivity contribution is 9.10. The van der Waals surface area contributed by atoms with E-state index >= 15 is 0 Å². The highest BCUT2D eigenvalue weighted by Crippen LogP contribution is 2.25. The maximum Gasteiger partial charge on any atom is 0.310 e. The lowest BCUT2D eigenvalue weighted by Crippen LogP contribution is -2.40. The quantitative estimate of drug-likeness (QED) is 0.909. The molecule has 0 aromatic heterocycles. The first-order valence-corrected chi connectivity index (χ1v) is 7.11. The molecule has 1 aliphatic rings. The van der Waals surface area contributed by atoms with Gasteiger partial charge in [-0.2, -0.15) is 0 Å². The number of nitrogens with zero attached hydrogens (tertiary/aromatic N) is 1. The van der Waals surface area contributed by atoms with Gasteiger partial charge in [0.25, 0.3) is 0 Å². The highest BCUT2D eigenvalue weighted by atomic mass is 79.9. The molecule has 1 fully saturated rings. The fraction of sp³-hybridized carbons (Fsp3) is 0.462. The summed E-state index contributed by atoms with van der Waals surface area (Å²) in [6, 6.07) is 5.54. The molecule has 1 aromatic carbocycles. The molecule has 2 atom stereocenters. The van der Waals surface area contributed by atoms with Crippen LogP contribution in [0.5, 0.6) is 0 Å². The van der Waals surface area contributed by atoms with Crippen LogP contribution in [0.15, 0.2) is 22.7 Å². The molecule has 2 rings (SSSR count). The Balaban J connectivity index is 2.10. The zero-order valence-electron chi connectivity index (χ0n) is 10.5. The lowest BCUT2D eigenvalue weighted by Gasteiger charge is -2.26. The third-order valence-electron chi connectivity index (χ3n) is 3.36. The zero-order chi connectivity index (χ0) is 14.0. The van der Waals surface area contributed by atoms with Crippen molar-refractivity contribution in [3.63, 3.8) is 0 Å². The Morgan fingerprint density at radius 1 is 1.58 bits per heavy atom. The second-order valence-corrected chi connectivity index (χ2v) is 6.02. The standard InChI is InChI=1S/C13H15BrClNO3/c1-16(12-7-19-6-10(12)13(17)18)5-8-4-9(14)2-3-11(8)15/h2-4,10,12H,5-7H2,1H3,(H,17,18). The van der Waals surface area contributed by atoms with Gasteiger partial charge in [0.1, 0.15) is 0 Å². The summed E-state index contributed by atoms with van der Waals surface area (Å²) in [6.07, 6.45) is 0. The SMILES string of the molecule is CN(Cc1cc(Br)ccc1Cl)C1COCC1C(=O)O. The van der Waals surface area contributed by atoms with Gasteiger partial charge in [0, 0.05) is 22.1 Å². The number of rotatable bonds is 4. The highest BCUT2D eigenvalue weighted by Gasteiger charge is 2.36. The molecule has 6 heteroatoms. The average Bonchev–Trinajstić information content (AvgIpc) is 2.83. The summed E-state index contributed by atoms with van der Waals surface area (Å²) in [5.41, 5.74) is 0.967. The molecule has 0 bridgehead atoms. The first kappa shape index (κ1) is 14.8. The minimum atomic E-state index is -0.810. The van der Waals surface area contributed by atoms with Crippen LogP contribution in [0.4, 0.5) is 0 Å². The van der Waals surface area contributed by atoms with Crippen molar-refractivity contribution in [1.29, 1.82) is 0 Å². The number of halogens is 2. The Hall–Kier alpha value is -0.620. The lowest BCUT2D eigenvalue weighted by molar-refractivity contribution is -0.143. The smallest absolute Gasteiger partial charge is 0.310 e. The van der Waals surface area contributed by atoms with Gasteiger partial charge in [-0.15, -0.1) is 0 Å². The first-order valence-electron chi connectivity index (χ1n) is 5.93. The minimum Gasteiger partial charge on any atom is -0.481 e. The van der Waals surface area contributed by atoms with Gasteiger partial charge in [-0.3, -0.25) is 9.69 Å². The van der Waals surface area contributed by atoms with E-state index < -0.39 is 11.9 Å². The maximum absolute atomic E-state index is 11.1. The van der Waals surface area contributed by atoms with E-state index in [0.29, 0.717) is 18.2 Å². The zero-order valence-corrected chi connectivity index (χ0v) is 12.8. The predicted octanol–water partition coefficient (Wildman–Crippen LogP) is 2.63. The maximum atomic E-state index is 11.1. The number of carbonyl (C=O) groups is 1. The Morgan fingerprint density at radius 3 is 3.00 bits per heavy atom. The van der Waals surface area contributed by atoms with Gasteiger partial charge in [0.05, 0.1) is 19.1 Å². The molecule has 1 N–H and O–H groups in total. The number of hydrogen-bond acceptors (Lipinski definition) is 3. The van der Waals surface area contributed by atoms with E-state index in [1.807, 2.05) is 30.1 Å². The summed E-state index contributed by atoms with van der Waals surface area (Å²) in [4.78, 5) is 13.1. The van der Waals surface area contributed by atoms with Crippen molar-refractivity contribution >= 4 is 33.5 Å². The monoisotopic (exact) mass is 347 g/mol. The second-order valence-electron chi connectivity index (χ2n) is 4.70. The van der Waals surface area contributed by atoms with Crippen molar-refractivity contribution in [3.05, 3.63) is 33.3 Å². The van der Waals surface area contributed by atoms with Gasteiger partial charge in [0.15, 0.2) is 0 Å². The normalized spacial score (nSPS) is 22.9. The van der Waals surface area contributed by atoms with Gasteiger partial charge in [-0.1, -0.05) is 27.5 Å². The summed E-state index contributed by atoms with van der Waals surface area (Å²) >= 11 is 9.56. The van der Waals surface area contributed by atoms with Crippen molar-refractivity contribution < 1.29 is 14.6 Å². The molecule has 1 saturated heterocycles. The van der Waals surface area contributed by atoms with Crippen molar-refractivity contribution in [2.75, 3.05) is 20.3 Å². The molecule has 1 aliphatic heterocycles. The third kappa shape index (κ3) is 3.48. The van der Waals surface area contributed by atoms with Crippen molar-refractivity contribution in [3.8, 4) is 0 Å². The molecule has 19 heavy (non-hydrogen) atoms. The molecular weight excluding hydrogens is 334 g/mol. The van der Waals surface area contributed by atoms with Crippen LogP contribution in [0.25, 0.3) is 0 Å². The third-order valence-corrected chi connectivity index (χ3v) is 4.22. The Morgan fingerprint density at radius 2 is 2.32 bits per heavy atom. The lowest BCUT2D eigenvalue weighted by atomic mass is 10.0. The number of aliphatic carboxylic acids is 1. The van der Waals surface area contributed by atoms with E-state index in [9.17, 15) is 4.79 Å². The average molecular weight is 349 g/mol. The Kier molecular flexibility index (Phi) is 4.84. The van der Waals surface area contributed by atoms with Crippen LogP contribution >= 0.6 is 27.5 Å². The Labute approximate surface area is 125 Å². The van der Waals surface area contributed by atoms with E-state index in [4.69, 9.17) is 21.4 Å². The van der Waals surface area contributed by atoms with Crippen molar-refractivity contribution in [1.82, 2.24) is 4.90 Å². The van der Waals surface area contributed by atoms with Crippen LogP contribution in [0, 0.1) is 5.92 Å². The van der Waals surface area contributed by atoms with E-state index in [0.717, 1.165) is 10.0 Å². The summed E-state index contributed by atoms with van der Waals surface area (Å²) in [5, 5.41) is 9.84. The molecule has 1 aromatic rings. The van der Waals surface area contributed by atoms with Gasteiger partial charge < -0.3 is 9.84 Å². The summed E-state index contributed by atoms with van der Waals surface area (Å²) in [7, 11) is 1.90. The molecule has 104 valence electrons. The van der Waals surface area contributed by atoms with E-state index in [1.54, 1.807) is 0 Å². The van der Waals surface area contributed by atoms with E-state index in [2.05, 4.69) is 15.9 Å². The largest absolute Gasteiger partial charge is 0.481 e. The summed E-state index contributed by atoms with van der Waals surface area (Å²) < 4.78 is 6.24. The van der Waals surface area contributed by atoms with Gasteiger partial charge in [-0.05, 0) is 30.8 Å². The molecule has 0 aliphatic carbocycles. The second kappa shape index (κ2) is 6.22. The number of carboxylic acids is 1. The van der Waals surface area contributed by atoms with Crippen LogP contribution in [0.1, 0.15) is 5.56 Å². The first-order chi connectivity index (χ1) is 8.99. The number of carboxylic acid groups (broad SMARTS) is 1. The van der Waals surface area contributed by atoms with Crippen LogP contribution in [-0.4, -0.2) is 42.3 Å². The van der Waals surface area contributed by atoms with Crippen LogP contribution in [-0.2, 0) is 16.1 Å². The number of ether oxygens (including phenoxy) is 1. The molecule has 0 saturated carbocycles. The minimum absolute atomic E-state index is 0.118. The molecule has 0 amide bonds. The molecule has 0 spiro atoms. The molecular formula is C13H15BrClNO3. The van der Waals surface area contributed by atoms with Crippen LogP contribution in [0.2, 0.25) is 5.02 Å². The number of benzene rings is 1. The Bertz CT molecular complexity index is 483. The summed E-state index contributed by atoms with van der Waals surface area (Å²) in [5.74, 6) is -1.29. The molecule has 4 nitrogen and oxygen atoms in total. The fourth-order valence-electron chi connectivity index (χ4n) is 2.26. The van der Waals surface area contributed by atoms with Gasteiger partial charge >= 0.3 is 5.97 Å². The van der Waals surface area contributed by atoms with E-state index in [-0.39, 0.29) is 12.6 Å². The topological polar surface area (TPSA) is 49.8 Å². The fourth-order valence-corrected chi connectivity index (χ4v) is 2.85. The van der Waals surface area contributed by atoms with Crippen molar-refractivity contribution in [2.45, 2.75) is 12.6 Å².